The summed E-state index contributed by atoms with van der Waals surface area (Å²) in [7, 11) is 0. The molecule has 2 aromatic rings. The molecule has 0 fully saturated rings. The summed E-state index contributed by atoms with van der Waals surface area (Å²) in [5, 5.41) is 0. The van der Waals surface area contributed by atoms with Crippen molar-refractivity contribution in [3.05, 3.63) is 69.8 Å². The quantitative estimate of drug-likeness (QED) is 0.464. The topological polar surface area (TPSA) is 0 Å². The minimum atomic E-state index is 0.112. The van der Waals surface area contributed by atoms with E-state index in [1.165, 1.54) is 27.8 Å². The fourth-order valence-corrected chi connectivity index (χ4v) is 4.45. The summed E-state index contributed by atoms with van der Waals surface area (Å²) in [6.07, 6.45) is 1.07. The van der Waals surface area contributed by atoms with Crippen molar-refractivity contribution in [2.45, 2.75) is 124 Å². The van der Waals surface area contributed by atoms with E-state index in [-0.39, 0.29) is 21.7 Å². The van der Waals surface area contributed by atoms with Crippen molar-refractivity contribution in [3.8, 4) is 0 Å². The van der Waals surface area contributed by atoms with E-state index >= 15 is 0 Å². The van der Waals surface area contributed by atoms with Crippen LogP contribution < -0.4 is 0 Å². The first-order valence-electron chi connectivity index (χ1n) is 12.1. The van der Waals surface area contributed by atoms with Gasteiger partial charge in [-0.3, -0.25) is 0 Å². The Kier molecular flexibility index (Phi) is 6.98. The third kappa shape index (κ3) is 6.24. The van der Waals surface area contributed by atoms with E-state index in [0.29, 0.717) is 5.92 Å². The Bertz CT molecular complexity index is 847. The summed E-state index contributed by atoms with van der Waals surface area (Å²) in [5.74, 6) is 0.470. The average molecular weight is 421 g/mol. The van der Waals surface area contributed by atoms with Crippen LogP contribution >= 0.6 is 0 Å². The van der Waals surface area contributed by atoms with Crippen LogP contribution in [0.5, 0.6) is 0 Å². The van der Waals surface area contributed by atoms with Crippen molar-refractivity contribution in [1.82, 2.24) is 0 Å². The van der Waals surface area contributed by atoms with Crippen molar-refractivity contribution < 1.29 is 0 Å². The van der Waals surface area contributed by atoms with Gasteiger partial charge in [0.1, 0.15) is 0 Å². The van der Waals surface area contributed by atoms with Gasteiger partial charge in [-0.15, -0.1) is 0 Å². The van der Waals surface area contributed by atoms with Crippen molar-refractivity contribution in [1.29, 1.82) is 0 Å². The molecule has 172 valence electrons. The molecule has 0 saturated heterocycles. The Morgan fingerprint density at radius 1 is 0.548 bits per heavy atom. The summed E-state index contributed by atoms with van der Waals surface area (Å²) in [4.78, 5) is 0. The van der Waals surface area contributed by atoms with Crippen molar-refractivity contribution >= 4 is 0 Å². The fraction of sp³-hybridized carbons (Fsp3) is 0.613. The molecule has 0 amide bonds. The van der Waals surface area contributed by atoms with Gasteiger partial charge in [0.2, 0.25) is 0 Å². The van der Waals surface area contributed by atoms with Crippen LogP contribution in [-0.2, 0) is 28.1 Å². The van der Waals surface area contributed by atoms with Gasteiger partial charge in [0, 0.05) is 0 Å². The van der Waals surface area contributed by atoms with Crippen LogP contribution in [0.1, 0.15) is 129 Å². The van der Waals surface area contributed by atoms with Gasteiger partial charge < -0.3 is 0 Å². The predicted octanol–water partition coefficient (Wildman–Crippen LogP) is 9.22. The van der Waals surface area contributed by atoms with E-state index in [2.05, 4.69) is 126 Å². The summed E-state index contributed by atoms with van der Waals surface area (Å²) < 4.78 is 0. The van der Waals surface area contributed by atoms with E-state index in [1.54, 1.807) is 5.56 Å². The normalized spacial score (nSPS) is 14.6. The molecule has 1 atom stereocenters. The molecule has 1 unspecified atom stereocenters. The Hall–Kier alpha value is -1.56. The number of hydrogen-bond acceptors (Lipinski definition) is 0. The number of hydrogen-bond donors (Lipinski definition) is 0. The highest BCUT2D eigenvalue weighted by atomic mass is 14.4. The molecule has 0 aromatic heterocycles. The molecule has 0 radical (unpaired) electrons. The van der Waals surface area contributed by atoms with Gasteiger partial charge in [-0.2, -0.15) is 0 Å². The molecule has 0 heteroatoms. The Labute approximate surface area is 193 Å². The Balaban J connectivity index is 2.62. The SMILES string of the molecule is CC(Cc1ccc(C(C)(C)C)cc1)c1c(C(C)(C)C)cc(C(C)(C)C)cc1C(C)(C)C. The standard InChI is InChI=1S/C31H48/c1-21(18-22-14-16-23(17-15-22)28(2,3)4)27-25(30(8,9)10)19-24(29(5,6)7)20-26(27)31(11,12)13/h14-17,19-21H,18H2,1-13H3. The van der Waals surface area contributed by atoms with Gasteiger partial charge >= 0.3 is 0 Å². The molecule has 0 saturated carbocycles. The zero-order valence-electron chi connectivity index (χ0n) is 22.7. The van der Waals surface area contributed by atoms with Crippen molar-refractivity contribution in [2.24, 2.45) is 0 Å². The highest BCUT2D eigenvalue weighted by Crippen LogP contribution is 2.42. The fourth-order valence-electron chi connectivity index (χ4n) is 4.45. The van der Waals surface area contributed by atoms with Gasteiger partial charge in [0.05, 0.1) is 0 Å². The van der Waals surface area contributed by atoms with E-state index < -0.39 is 0 Å². The molecule has 0 heterocycles. The van der Waals surface area contributed by atoms with Crippen LogP contribution in [0.3, 0.4) is 0 Å². The smallest absolute Gasteiger partial charge is 0.0129 e. The molecule has 0 aliphatic heterocycles. The third-order valence-electron chi connectivity index (χ3n) is 6.52. The average Bonchev–Trinajstić information content (AvgIpc) is 2.58. The summed E-state index contributed by atoms with van der Waals surface area (Å²) in [5.41, 5.74) is 9.45. The lowest BCUT2D eigenvalue weighted by Gasteiger charge is -2.36. The lowest BCUT2D eigenvalue weighted by Crippen LogP contribution is -2.25. The zero-order chi connectivity index (χ0) is 24.0. The van der Waals surface area contributed by atoms with E-state index in [4.69, 9.17) is 0 Å². The lowest BCUT2D eigenvalue weighted by atomic mass is 9.69. The zero-order valence-corrected chi connectivity index (χ0v) is 22.7. The summed E-state index contributed by atoms with van der Waals surface area (Å²) in [6.45, 7) is 30.5. The van der Waals surface area contributed by atoms with Crippen LogP contribution in [0.2, 0.25) is 0 Å². The largest absolute Gasteiger partial charge is 0.0587 e. The lowest BCUT2D eigenvalue weighted by molar-refractivity contribution is 0.526. The maximum Gasteiger partial charge on any atom is -0.0129 e. The van der Waals surface area contributed by atoms with Gasteiger partial charge in [-0.05, 0) is 67.4 Å². The predicted molar refractivity (Wildman–Crippen MR) is 140 cm³/mol. The minimum absolute atomic E-state index is 0.112. The van der Waals surface area contributed by atoms with Crippen molar-refractivity contribution in [2.75, 3.05) is 0 Å². The summed E-state index contributed by atoms with van der Waals surface area (Å²) >= 11 is 0. The van der Waals surface area contributed by atoms with Crippen LogP contribution in [-0.4, -0.2) is 0 Å². The van der Waals surface area contributed by atoms with E-state index in [1.807, 2.05) is 0 Å². The van der Waals surface area contributed by atoms with Gasteiger partial charge in [-0.25, -0.2) is 0 Å². The second kappa shape index (κ2) is 8.42. The molecule has 2 rings (SSSR count). The first-order valence-corrected chi connectivity index (χ1v) is 12.1. The molecule has 0 aliphatic rings. The molecule has 0 nitrogen and oxygen atoms in total. The number of benzene rings is 2. The Morgan fingerprint density at radius 2 is 0.935 bits per heavy atom. The monoisotopic (exact) mass is 420 g/mol. The first kappa shape index (κ1) is 25.7. The first-order chi connectivity index (χ1) is 13.8. The molecule has 2 aromatic carbocycles. The molecule has 0 aliphatic carbocycles. The molecule has 31 heavy (non-hydrogen) atoms. The molecular weight excluding hydrogens is 372 g/mol. The third-order valence-corrected chi connectivity index (χ3v) is 6.52. The number of rotatable bonds is 3. The second-order valence-corrected chi connectivity index (χ2v) is 13.8. The summed E-state index contributed by atoms with van der Waals surface area (Å²) in [6, 6.07) is 14.3. The molecular formula is C31H48. The van der Waals surface area contributed by atoms with Crippen LogP contribution in [0.15, 0.2) is 36.4 Å². The van der Waals surface area contributed by atoms with E-state index in [9.17, 15) is 0 Å². The van der Waals surface area contributed by atoms with Crippen LogP contribution in [0.25, 0.3) is 0 Å². The molecule has 0 N–H and O–H groups in total. The van der Waals surface area contributed by atoms with Gasteiger partial charge in [-0.1, -0.05) is 126 Å². The van der Waals surface area contributed by atoms with E-state index in [0.717, 1.165) is 6.42 Å². The highest BCUT2D eigenvalue weighted by Gasteiger charge is 2.31. The second-order valence-electron chi connectivity index (χ2n) is 13.8. The van der Waals surface area contributed by atoms with Crippen LogP contribution in [0.4, 0.5) is 0 Å². The van der Waals surface area contributed by atoms with Crippen LogP contribution in [0, 0.1) is 0 Å². The minimum Gasteiger partial charge on any atom is -0.0587 e. The van der Waals surface area contributed by atoms with Gasteiger partial charge in [0.25, 0.3) is 0 Å². The maximum atomic E-state index is 2.50. The van der Waals surface area contributed by atoms with Crippen molar-refractivity contribution in [3.63, 3.8) is 0 Å². The Morgan fingerprint density at radius 3 is 1.26 bits per heavy atom. The molecule has 0 spiro atoms. The highest BCUT2D eigenvalue weighted by molar-refractivity contribution is 5.49. The molecule has 0 bridgehead atoms. The maximum absolute atomic E-state index is 2.50. The van der Waals surface area contributed by atoms with Gasteiger partial charge in [0.15, 0.2) is 0 Å².